The molecule has 10 nitrogen and oxygen atoms in total. The van der Waals surface area contributed by atoms with E-state index >= 15 is 0 Å². The highest BCUT2D eigenvalue weighted by molar-refractivity contribution is 6.04. The molecule has 5 N–H and O–H groups in total. The number of aliphatic hydroxyl groups is 1. The number of anilines is 2. The monoisotopic (exact) mass is 503 g/mol. The van der Waals surface area contributed by atoms with E-state index in [9.17, 15) is 14.7 Å². The van der Waals surface area contributed by atoms with Gasteiger partial charge >= 0.3 is 6.03 Å². The predicted molar refractivity (Wildman–Crippen MR) is 138 cm³/mol. The normalized spacial score (nSPS) is 14.4. The van der Waals surface area contributed by atoms with E-state index in [0.29, 0.717) is 35.7 Å². The number of benzene rings is 1. The lowest BCUT2D eigenvalue weighted by atomic mass is 10.0. The molecule has 1 aromatic heterocycles. The number of nitrogens with one attached hydrogen (secondary N) is 2. The molecule has 0 radical (unpaired) electrons. The van der Waals surface area contributed by atoms with Crippen molar-refractivity contribution in [2.24, 2.45) is 0 Å². The van der Waals surface area contributed by atoms with Crippen molar-refractivity contribution in [3.05, 3.63) is 102 Å². The highest BCUT2D eigenvalue weighted by atomic mass is 16.6. The van der Waals surface area contributed by atoms with Gasteiger partial charge < -0.3 is 30.5 Å². The molecule has 192 valence electrons. The fourth-order valence-electron chi connectivity index (χ4n) is 3.70. The van der Waals surface area contributed by atoms with Gasteiger partial charge in [-0.05, 0) is 48.6 Å². The van der Waals surface area contributed by atoms with Gasteiger partial charge in [-0.25, -0.2) is 4.79 Å². The summed E-state index contributed by atoms with van der Waals surface area (Å²) in [5.41, 5.74) is 8.73. The lowest BCUT2D eigenvalue weighted by Crippen LogP contribution is -2.40. The number of aliphatic hydroxyl groups excluding tert-OH is 1. The summed E-state index contributed by atoms with van der Waals surface area (Å²) in [6.45, 7) is 0.435. The molecule has 3 amide bonds. The van der Waals surface area contributed by atoms with Gasteiger partial charge in [0, 0.05) is 25.9 Å². The number of ether oxygens (including phenoxy) is 2. The second-order valence-corrected chi connectivity index (χ2v) is 8.38. The van der Waals surface area contributed by atoms with Crippen LogP contribution in [0.25, 0.3) is 0 Å². The summed E-state index contributed by atoms with van der Waals surface area (Å²) in [4.78, 5) is 31.3. The minimum atomic E-state index is -0.427. The van der Waals surface area contributed by atoms with Gasteiger partial charge in [0.05, 0.1) is 11.4 Å². The largest absolute Gasteiger partial charge is 0.463 e. The quantitative estimate of drug-likeness (QED) is 0.382. The van der Waals surface area contributed by atoms with Gasteiger partial charge in [0.15, 0.2) is 12.0 Å². The molecule has 0 saturated heterocycles. The number of nitrogens with zero attached hydrogens (tertiary/aromatic N) is 2. The third-order valence-electron chi connectivity index (χ3n) is 5.64. The van der Waals surface area contributed by atoms with Crippen molar-refractivity contribution < 1.29 is 24.2 Å². The second-order valence-electron chi connectivity index (χ2n) is 8.38. The lowest BCUT2D eigenvalue weighted by Gasteiger charge is -2.25. The van der Waals surface area contributed by atoms with E-state index in [0.717, 1.165) is 18.4 Å². The van der Waals surface area contributed by atoms with Crippen LogP contribution < -0.4 is 16.4 Å². The minimum Gasteiger partial charge on any atom is -0.463 e. The van der Waals surface area contributed by atoms with E-state index in [1.807, 2.05) is 12.2 Å². The van der Waals surface area contributed by atoms with Crippen molar-refractivity contribution >= 4 is 23.3 Å². The number of aromatic nitrogens is 1. The van der Waals surface area contributed by atoms with Gasteiger partial charge in [0.25, 0.3) is 5.91 Å². The molecule has 10 heteroatoms. The van der Waals surface area contributed by atoms with Crippen LogP contribution in [0.4, 0.5) is 16.2 Å². The molecule has 1 aliphatic carbocycles. The zero-order valence-electron chi connectivity index (χ0n) is 20.2. The van der Waals surface area contributed by atoms with Gasteiger partial charge in [0.1, 0.15) is 12.0 Å². The van der Waals surface area contributed by atoms with Crippen molar-refractivity contribution in [2.45, 2.75) is 25.8 Å². The van der Waals surface area contributed by atoms with Crippen molar-refractivity contribution in [1.29, 1.82) is 0 Å². The van der Waals surface area contributed by atoms with Crippen LogP contribution in [-0.4, -0.2) is 40.1 Å². The number of hydrogen-bond donors (Lipinski definition) is 4. The Labute approximate surface area is 214 Å². The number of hydrogen-bond acceptors (Lipinski definition) is 7. The summed E-state index contributed by atoms with van der Waals surface area (Å²) < 4.78 is 11.2. The molecule has 0 spiro atoms. The molecular weight excluding hydrogens is 474 g/mol. The van der Waals surface area contributed by atoms with E-state index in [1.165, 1.54) is 23.6 Å². The first-order valence-corrected chi connectivity index (χ1v) is 11.9. The maximum absolute atomic E-state index is 13.0. The molecule has 2 heterocycles. The number of pyridine rings is 1. The third kappa shape index (κ3) is 6.98. The van der Waals surface area contributed by atoms with Crippen LogP contribution in [0.1, 0.15) is 35.3 Å². The average molecular weight is 504 g/mol. The van der Waals surface area contributed by atoms with Crippen LogP contribution in [0.15, 0.2) is 90.6 Å². The Morgan fingerprint density at radius 1 is 1.14 bits per heavy atom. The molecule has 0 bridgehead atoms. The Bertz CT molecular complexity index is 1250. The van der Waals surface area contributed by atoms with E-state index in [4.69, 9.17) is 15.2 Å². The maximum atomic E-state index is 13.0. The Morgan fingerprint density at radius 2 is 2.00 bits per heavy atom. The summed E-state index contributed by atoms with van der Waals surface area (Å²) in [7, 11) is 0. The topological polar surface area (TPSA) is 139 Å². The van der Waals surface area contributed by atoms with Crippen LogP contribution in [0, 0.1) is 0 Å². The molecule has 1 aliphatic heterocycles. The first-order chi connectivity index (χ1) is 18.0. The average Bonchev–Trinajstić information content (AvgIpc) is 2.93. The second kappa shape index (κ2) is 12.4. The van der Waals surface area contributed by atoms with E-state index in [1.54, 1.807) is 36.4 Å². The number of carbonyl (C=O) groups excluding carboxylic acids is 2. The summed E-state index contributed by atoms with van der Waals surface area (Å²) in [6, 6.07) is 9.83. The number of nitrogens with two attached hydrogens (primary N) is 1. The molecule has 2 aliphatic rings. The van der Waals surface area contributed by atoms with Gasteiger partial charge in [-0.3, -0.25) is 15.1 Å². The smallest absolute Gasteiger partial charge is 0.324 e. The predicted octanol–water partition coefficient (Wildman–Crippen LogP) is 3.77. The molecule has 0 atom stereocenters. The first kappa shape index (κ1) is 25.5. The lowest BCUT2D eigenvalue weighted by molar-refractivity contribution is 0.102. The highest BCUT2D eigenvalue weighted by Gasteiger charge is 2.20. The van der Waals surface area contributed by atoms with Gasteiger partial charge in [-0.1, -0.05) is 36.4 Å². The Morgan fingerprint density at radius 3 is 2.73 bits per heavy atom. The highest BCUT2D eigenvalue weighted by Crippen LogP contribution is 2.25. The standard InChI is InChI=1S/C27H29N5O5/c28-21-9-4-5-10-22(21)30-26(34)23-12-11-19(15-29-23)16-32(13-6-14-33)27(35)31-25-18-36-17-24(37-25)20-7-2-1-3-8-20/h1-2,4-5,7,9-12,15,17-18,33H,3,6,8,13-14,16,28H2,(H,30,34)(H,31,35). The van der Waals surface area contributed by atoms with Crippen molar-refractivity contribution in [1.82, 2.24) is 15.2 Å². The van der Waals surface area contributed by atoms with Crippen LogP contribution in [0.5, 0.6) is 0 Å². The molecule has 0 saturated carbocycles. The van der Waals surface area contributed by atoms with Gasteiger partial charge in [0.2, 0.25) is 5.88 Å². The van der Waals surface area contributed by atoms with Gasteiger partial charge in [-0.2, -0.15) is 0 Å². The Hall–Kier alpha value is -4.57. The fourth-order valence-corrected chi connectivity index (χ4v) is 3.70. The van der Waals surface area contributed by atoms with Crippen molar-refractivity contribution in [3.63, 3.8) is 0 Å². The molecule has 37 heavy (non-hydrogen) atoms. The number of allylic oxidation sites excluding steroid dienone is 4. The zero-order valence-corrected chi connectivity index (χ0v) is 20.2. The summed E-state index contributed by atoms with van der Waals surface area (Å²) in [5.74, 6) is 0.310. The maximum Gasteiger partial charge on any atom is 0.324 e. The van der Waals surface area contributed by atoms with E-state index in [-0.39, 0.29) is 24.7 Å². The minimum absolute atomic E-state index is 0.0688. The molecule has 0 fully saturated rings. The van der Waals surface area contributed by atoms with Crippen LogP contribution in [0.2, 0.25) is 0 Å². The number of urea groups is 1. The zero-order chi connectivity index (χ0) is 26.0. The first-order valence-electron chi connectivity index (χ1n) is 11.9. The molecule has 2 aromatic rings. The summed E-state index contributed by atoms with van der Waals surface area (Å²) >= 11 is 0. The summed E-state index contributed by atoms with van der Waals surface area (Å²) in [6.07, 6.45) is 12.4. The number of rotatable bonds is 9. The summed E-state index contributed by atoms with van der Waals surface area (Å²) in [5, 5.41) is 14.8. The van der Waals surface area contributed by atoms with Crippen LogP contribution >= 0.6 is 0 Å². The number of para-hydroxylation sites is 2. The molecule has 0 unspecified atom stereocenters. The number of amides is 3. The Balaban J connectivity index is 1.37. The van der Waals surface area contributed by atoms with E-state index in [2.05, 4.69) is 21.7 Å². The van der Waals surface area contributed by atoms with Crippen LogP contribution in [-0.2, 0) is 16.0 Å². The Kier molecular flexibility index (Phi) is 8.56. The van der Waals surface area contributed by atoms with E-state index < -0.39 is 11.9 Å². The van der Waals surface area contributed by atoms with Gasteiger partial charge in [-0.15, -0.1) is 0 Å². The molecule has 1 aromatic carbocycles. The molecule has 4 rings (SSSR count). The molecular formula is C27H29N5O5. The van der Waals surface area contributed by atoms with Crippen LogP contribution in [0.3, 0.4) is 0 Å². The third-order valence-corrected chi connectivity index (χ3v) is 5.64. The van der Waals surface area contributed by atoms with Crippen molar-refractivity contribution in [2.75, 3.05) is 24.2 Å². The number of nitrogen functional groups attached to an aromatic ring is 1. The SMILES string of the molecule is Nc1ccccc1NC(=O)c1ccc(CN(CCCO)C(=O)NC2=COC=C(C3=CC=CCC3)O2)cn1. The van der Waals surface area contributed by atoms with Crippen molar-refractivity contribution in [3.8, 4) is 0 Å². The number of carbonyl (C=O) groups is 2. The fraction of sp³-hybridized carbons (Fsp3) is 0.222.